The van der Waals surface area contributed by atoms with Crippen molar-refractivity contribution in [1.82, 2.24) is 4.98 Å². The molecule has 4 N–H and O–H groups in total. The van der Waals surface area contributed by atoms with Crippen molar-refractivity contribution in [3.8, 4) is 0 Å². The summed E-state index contributed by atoms with van der Waals surface area (Å²) in [7, 11) is 0. The largest absolute Gasteiger partial charge is 0.499 e. The van der Waals surface area contributed by atoms with E-state index < -0.39 is 12.3 Å². The molecule has 0 bridgehead atoms. The third-order valence-corrected chi connectivity index (χ3v) is 5.25. The van der Waals surface area contributed by atoms with Gasteiger partial charge in [0.1, 0.15) is 6.20 Å². The Balaban J connectivity index is 3.03. The molecule has 120 valence electrons. The molecule has 0 spiro atoms. The summed E-state index contributed by atoms with van der Waals surface area (Å²) in [4.78, 5) is 14.7. The highest BCUT2D eigenvalue weighted by Gasteiger charge is 2.33. The van der Waals surface area contributed by atoms with Crippen LogP contribution in [0.4, 0.5) is 5.82 Å². The van der Waals surface area contributed by atoms with Crippen LogP contribution >= 0.6 is 22.6 Å². The summed E-state index contributed by atoms with van der Waals surface area (Å²) < 4.78 is 7.36. The van der Waals surface area contributed by atoms with Crippen molar-refractivity contribution >= 4 is 28.4 Å². The average molecular weight is 410 g/mol. The van der Waals surface area contributed by atoms with Gasteiger partial charge in [-0.3, -0.25) is 0 Å². The van der Waals surface area contributed by atoms with Gasteiger partial charge in [-0.2, -0.15) is 14.3 Å². The number of aliphatic hydroxyl groups is 1. The van der Waals surface area contributed by atoms with E-state index in [2.05, 4.69) is 34.5 Å². The van der Waals surface area contributed by atoms with Gasteiger partial charge in [-0.1, -0.05) is 42.9 Å². The van der Waals surface area contributed by atoms with Crippen molar-refractivity contribution in [3.63, 3.8) is 0 Å². The normalized spacial score (nSPS) is 17.2. The van der Waals surface area contributed by atoms with E-state index in [0.717, 1.165) is 12.8 Å². The zero-order chi connectivity index (χ0) is 16.0. The molecule has 0 radical (unpaired) electrons. The van der Waals surface area contributed by atoms with Gasteiger partial charge in [0, 0.05) is 12.0 Å². The topological polar surface area (TPSA) is 92.2 Å². The summed E-state index contributed by atoms with van der Waals surface area (Å²) in [5, 5.41) is 9.80. The molecule has 4 unspecified atom stereocenters. The van der Waals surface area contributed by atoms with E-state index in [9.17, 15) is 9.90 Å². The number of hydrogen-bond donors (Lipinski definition) is 3. The number of nitrogens with one attached hydrogen (secondary N) is 1. The number of nitrogen functional groups attached to an aromatic ring is 1. The second kappa shape index (κ2) is 8.70. The van der Waals surface area contributed by atoms with Crippen LogP contribution in [0, 0.1) is 5.92 Å². The van der Waals surface area contributed by atoms with Crippen molar-refractivity contribution < 1.29 is 14.4 Å². The second-order valence-electron chi connectivity index (χ2n) is 5.27. The second-order valence-corrected chi connectivity index (χ2v) is 6.71. The average Bonchev–Trinajstić information content (AvgIpc) is 2.43. The highest BCUT2D eigenvalue weighted by Crippen LogP contribution is 2.26. The number of anilines is 1. The molecule has 1 rings (SSSR count). The number of hydrogen-bond acceptors (Lipinski definition) is 4. The molecule has 0 aromatic carbocycles. The molecule has 0 fully saturated rings. The molecule has 0 saturated heterocycles. The Morgan fingerprint density at radius 2 is 2.19 bits per heavy atom. The molecule has 1 heterocycles. The van der Waals surface area contributed by atoms with Crippen molar-refractivity contribution in [1.29, 1.82) is 0 Å². The van der Waals surface area contributed by atoms with Crippen LogP contribution in [0.1, 0.15) is 39.8 Å². The maximum Gasteiger partial charge on any atom is 0.499 e. The predicted octanol–water partition coefficient (Wildman–Crippen LogP) is 1.38. The molecule has 0 aliphatic carbocycles. The molecular weight excluding hydrogens is 385 g/mol. The third kappa shape index (κ3) is 5.23. The number of H-pyrrole nitrogens is 1. The Hall–Kier alpha value is -0.670. The monoisotopic (exact) mass is 410 g/mol. The lowest BCUT2D eigenvalue weighted by Crippen LogP contribution is -2.59. The molecule has 0 aliphatic rings. The number of nitrogens with two attached hydrogens (primary N) is 1. The van der Waals surface area contributed by atoms with E-state index in [1.165, 1.54) is 4.57 Å². The van der Waals surface area contributed by atoms with Crippen molar-refractivity contribution in [2.75, 3.05) is 12.3 Å². The number of rotatable bonds is 8. The van der Waals surface area contributed by atoms with Gasteiger partial charge in [0.15, 0.2) is 5.82 Å². The van der Waals surface area contributed by atoms with Crippen LogP contribution in [0.3, 0.4) is 0 Å². The highest BCUT2D eigenvalue weighted by molar-refractivity contribution is 14.1. The number of nitrogens with zero attached hydrogens (tertiary/aromatic N) is 1. The van der Waals surface area contributed by atoms with Crippen LogP contribution in [0.25, 0.3) is 0 Å². The van der Waals surface area contributed by atoms with Gasteiger partial charge in [0.2, 0.25) is 6.23 Å². The summed E-state index contributed by atoms with van der Waals surface area (Å²) in [5.74, 6) is 0.304. The molecule has 7 heteroatoms. The van der Waals surface area contributed by atoms with E-state index in [4.69, 9.17) is 10.5 Å². The minimum atomic E-state index is -0.474. The lowest BCUT2D eigenvalue weighted by molar-refractivity contribution is -0.776. The van der Waals surface area contributed by atoms with Gasteiger partial charge in [0.25, 0.3) is 0 Å². The van der Waals surface area contributed by atoms with Gasteiger partial charge >= 0.3 is 5.69 Å². The number of unbranched alkanes of at least 4 members (excludes halogenated alkanes) is 1. The summed E-state index contributed by atoms with van der Waals surface area (Å²) in [6.07, 6.45) is 2.67. The van der Waals surface area contributed by atoms with Gasteiger partial charge < -0.3 is 15.6 Å². The number of aromatic nitrogens is 2. The van der Waals surface area contributed by atoms with Gasteiger partial charge in [-0.25, -0.2) is 0 Å². The fourth-order valence-corrected chi connectivity index (χ4v) is 3.01. The molecule has 1 aromatic rings. The number of aromatic amines is 1. The van der Waals surface area contributed by atoms with Gasteiger partial charge in [-0.15, -0.1) is 0 Å². The van der Waals surface area contributed by atoms with E-state index in [0.29, 0.717) is 12.4 Å². The van der Waals surface area contributed by atoms with E-state index in [1.807, 2.05) is 6.92 Å². The zero-order valence-corrected chi connectivity index (χ0v) is 14.9. The maximum absolute atomic E-state index is 12.1. The molecule has 0 saturated carbocycles. The van der Waals surface area contributed by atoms with Crippen LogP contribution in [0.15, 0.2) is 17.1 Å². The number of ether oxygens (including phenoxy) is 1. The Labute approximate surface area is 138 Å². The number of aliphatic hydroxyl groups excluding tert-OH is 1. The summed E-state index contributed by atoms with van der Waals surface area (Å²) in [5.41, 5.74) is 5.27. The number of alkyl halides is 1. The zero-order valence-electron chi connectivity index (χ0n) is 12.8. The minimum absolute atomic E-state index is 0.0123. The van der Waals surface area contributed by atoms with Crippen LogP contribution < -0.4 is 16.0 Å². The molecular formula is C14H25IN3O3+. The van der Waals surface area contributed by atoms with Crippen molar-refractivity contribution in [2.45, 2.75) is 49.9 Å². The van der Waals surface area contributed by atoms with Gasteiger partial charge in [-0.05, 0) is 13.3 Å². The maximum atomic E-state index is 12.1. The molecule has 4 atom stereocenters. The minimum Gasteiger partial charge on any atom is -0.393 e. The summed E-state index contributed by atoms with van der Waals surface area (Å²) >= 11 is 2.24. The Kier molecular flexibility index (Phi) is 7.61. The van der Waals surface area contributed by atoms with E-state index >= 15 is 0 Å². The van der Waals surface area contributed by atoms with E-state index in [1.54, 1.807) is 19.2 Å². The van der Waals surface area contributed by atoms with Crippen molar-refractivity contribution in [3.05, 3.63) is 22.7 Å². The lowest BCUT2D eigenvalue weighted by Gasteiger charge is -2.27. The fraction of sp³-hybridized carbons (Fsp3) is 0.714. The molecule has 6 nitrogen and oxygen atoms in total. The molecule has 0 aliphatic heterocycles. The predicted molar refractivity (Wildman–Crippen MR) is 90.2 cm³/mol. The van der Waals surface area contributed by atoms with Crippen molar-refractivity contribution in [2.24, 2.45) is 5.92 Å². The fourth-order valence-electron chi connectivity index (χ4n) is 1.86. The van der Waals surface area contributed by atoms with Gasteiger partial charge in [0.05, 0.1) is 16.6 Å². The van der Waals surface area contributed by atoms with Crippen LogP contribution in [-0.4, -0.2) is 26.7 Å². The quantitative estimate of drug-likeness (QED) is 0.261. The molecule has 21 heavy (non-hydrogen) atoms. The lowest BCUT2D eigenvalue weighted by atomic mass is 10.0. The summed E-state index contributed by atoms with van der Waals surface area (Å²) in [6, 6.07) is 1.63. The first-order chi connectivity index (χ1) is 9.88. The van der Waals surface area contributed by atoms with Crippen LogP contribution in [-0.2, 0) is 4.74 Å². The third-order valence-electron chi connectivity index (χ3n) is 3.50. The Bertz CT molecular complexity index is 493. The standard InChI is InChI=1S/C14H24IN3O3/c1-4-5-8-21-13(12(15)9(2)10(3)19)18-7-6-11(16)17-14(18)20/h6-7,9-10,12-13,19H,4-5,8H2,1-3H3,(H2,16,17,20)/p+1. The van der Waals surface area contributed by atoms with E-state index in [-0.39, 0.29) is 15.5 Å². The first-order valence-electron chi connectivity index (χ1n) is 7.22. The summed E-state index contributed by atoms with van der Waals surface area (Å²) in [6.45, 7) is 6.35. The first kappa shape index (κ1) is 18.4. The highest BCUT2D eigenvalue weighted by atomic mass is 127. The first-order valence-corrected chi connectivity index (χ1v) is 8.46. The molecule has 1 aromatic heterocycles. The Morgan fingerprint density at radius 1 is 1.52 bits per heavy atom. The number of halogens is 1. The smallest absolute Gasteiger partial charge is 0.393 e. The van der Waals surface area contributed by atoms with Crippen LogP contribution in [0.2, 0.25) is 0 Å². The SMILES string of the molecule is CCCCOC(C(I)C(C)C(C)O)[n+]1ccc(N)[nH]c1=O. The Morgan fingerprint density at radius 3 is 2.71 bits per heavy atom. The van der Waals surface area contributed by atoms with Crippen LogP contribution in [0.5, 0.6) is 0 Å². The molecule has 0 amide bonds.